The highest BCUT2D eigenvalue weighted by Gasteiger charge is 2.20. The zero-order valence-electron chi connectivity index (χ0n) is 9.73. The number of pyridine rings is 1. The fraction of sp³-hybridized carbons (Fsp3) is 0.545. The number of nitrogens with zero attached hydrogens (tertiary/aromatic N) is 2. The fourth-order valence-electron chi connectivity index (χ4n) is 2.08. The van der Waals surface area contributed by atoms with E-state index in [1.54, 1.807) is 0 Å². The minimum atomic E-state index is 0. The van der Waals surface area contributed by atoms with Crippen LogP contribution in [0.15, 0.2) is 18.3 Å². The molecule has 2 rings (SSSR count). The van der Waals surface area contributed by atoms with Crippen molar-refractivity contribution < 1.29 is 0 Å². The van der Waals surface area contributed by atoms with Gasteiger partial charge in [0.15, 0.2) is 0 Å². The minimum Gasteiger partial charge on any atom is -0.355 e. The van der Waals surface area contributed by atoms with Gasteiger partial charge in [-0.05, 0) is 38.4 Å². The Bertz CT molecular complexity index is 318. The van der Waals surface area contributed by atoms with E-state index in [-0.39, 0.29) is 24.8 Å². The fourth-order valence-corrected chi connectivity index (χ4v) is 2.19. The van der Waals surface area contributed by atoms with E-state index < -0.39 is 0 Å². The van der Waals surface area contributed by atoms with Gasteiger partial charge in [0.25, 0.3) is 0 Å². The van der Waals surface area contributed by atoms with Crippen LogP contribution < -0.4 is 10.2 Å². The molecule has 1 aromatic heterocycles. The van der Waals surface area contributed by atoms with Crippen LogP contribution in [0.4, 0.5) is 5.69 Å². The lowest BCUT2D eigenvalue weighted by Gasteiger charge is -2.37. The molecule has 0 spiro atoms. The second-order valence-corrected chi connectivity index (χ2v) is 4.22. The molecular weight excluding hydrogens is 281 g/mol. The third-order valence-electron chi connectivity index (χ3n) is 2.88. The number of hydrogen-bond donors (Lipinski definition) is 1. The molecule has 1 aromatic rings. The average molecular weight is 299 g/mol. The molecule has 1 aliphatic rings. The number of anilines is 1. The normalized spacial score (nSPS) is 19.2. The van der Waals surface area contributed by atoms with E-state index >= 15 is 0 Å². The lowest BCUT2D eigenvalue weighted by atomic mass is 10.1. The first kappa shape index (κ1) is 16.8. The van der Waals surface area contributed by atoms with E-state index in [4.69, 9.17) is 11.6 Å². The first-order valence-electron chi connectivity index (χ1n) is 5.37. The number of hydrogen-bond acceptors (Lipinski definition) is 3. The maximum Gasteiger partial charge on any atom is 0.129 e. The number of aromatic nitrogens is 1. The second kappa shape index (κ2) is 7.98. The number of nitrogens with one attached hydrogen (secondary N) is 1. The van der Waals surface area contributed by atoms with E-state index in [9.17, 15) is 0 Å². The van der Waals surface area contributed by atoms with Gasteiger partial charge in [-0.2, -0.15) is 0 Å². The number of rotatable bonds is 2. The third kappa shape index (κ3) is 4.18. The molecule has 17 heavy (non-hydrogen) atoms. The molecule has 0 saturated carbocycles. The Morgan fingerprint density at radius 3 is 2.71 bits per heavy atom. The zero-order valence-corrected chi connectivity index (χ0v) is 12.1. The highest BCUT2D eigenvalue weighted by molar-refractivity contribution is 6.29. The van der Waals surface area contributed by atoms with Gasteiger partial charge in [-0.3, -0.25) is 0 Å². The van der Waals surface area contributed by atoms with Crippen LogP contribution in [0.25, 0.3) is 0 Å². The van der Waals surface area contributed by atoms with Crippen LogP contribution in [0.5, 0.6) is 0 Å². The van der Waals surface area contributed by atoms with Gasteiger partial charge in [-0.25, -0.2) is 4.98 Å². The lowest BCUT2D eigenvalue weighted by molar-refractivity contribution is 0.418. The van der Waals surface area contributed by atoms with Crippen molar-refractivity contribution in [2.24, 2.45) is 0 Å². The van der Waals surface area contributed by atoms with Crippen LogP contribution in [0.1, 0.15) is 19.3 Å². The summed E-state index contributed by atoms with van der Waals surface area (Å²) in [5, 5.41) is 3.88. The summed E-state index contributed by atoms with van der Waals surface area (Å²) in [7, 11) is 2.01. The van der Waals surface area contributed by atoms with Gasteiger partial charge in [0.1, 0.15) is 5.15 Å². The van der Waals surface area contributed by atoms with Gasteiger partial charge in [0.2, 0.25) is 0 Å². The number of piperidine rings is 1. The molecule has 3 nitrogen and oxygen atoms in total. The van der Waals surface area contributed by atoms with E-state index in [1.807, 2.05) is 25.4 Å². The zero-order chi connectivity index (χ0) is 10.7. The quantitative estimate of drug-likeness (QED) is 0.850. The molecule has 0 radical (unpaired) electrons. The maximum atomic E-state index is 5.78. The van der Waals surface area contributed by atoms with Crippen molar-refractivity contribution in [3.8, 4) is 0 Å². The predicted octanol–water partition coefficient (Wildman–Crippen LogP) is 3.11. The van der Waals surface area contributed by atoms with E-state index in [0.717, 1.165) is 12.2 Å². The molecule has 1 saturated heterocycles. The predicted molar refractivity (Wildman–Crippen MR) is 77.8 cm³/mol. The summed E-state index contributed by atoms with van der Waals surface area (Å²) in [5.74, 6) is 0. The van der Waals surface area contributed by atoms with Crippen LogP contribution in [-0.4, -0.2) is 24.7 Å². The number of halogens is 3. The average Bonchev–Trinajstić information content (AvgIpc) is 2.30. The molecule has 0 aromatic carbocycles. The van der Waals surface area contributed by atoms with Crippen molar-refractivity contribution in [2.75, 3.05) is 18.5 Å². The van der Waals surface area contributed by atoms with Crippen molar-refractivity contribution in [1.29, 1.82) is 0 Å². The summed E-state index contributed by atoms with van der Waals surface area (Å²) in [5.41, 5.74) is 1.15. The summed E-state index contributed by atoms with van der Waals surface area (Å²) in [6.45, 7) is 1.09. The van der Waals surface area contributed by atoms with Crippen LogP contribution in [-0.2, 0) is 0 Å². The molecule has 0 bridgehead atoms. The molecule has 98 valence electrons. The molecule has 0 aliphatic carbocycles. The standard InChI is InChI=1S/C11H16ClN3.2ClH/c1-13-11-4-2-3-7-15(11)9-5-6-10(12)14-8-9;;/h5-6,8,11,13H,2-4,7H2,1H3;2*1H. The first-order chi connectivity index (χ1) is 7.31. The molecule has 2 heterocycles. The van der Waals surface area contributed by atoms with Crippen LogP contribution in [0, 0.1) is 0 Å². The molecule has 1 N–H and O–H groups in total. The largest absolute Gasteiger partial charge is 0.355 e. The summed E-state index contributed by atoms with van der Waals surface area (Å²) in [4.78, 5) is 6.47. The molecule has 1 fully saturated rings. The maximum absolute atomic E-state index is 5.78. The molecule has 1 unspecified atom stereocenters. The Balaban J connectivity index is 0.00000128. The van der Waals surface area contributed by atoms with Crippen molar-refractivity contribution >= 4 is 42.1 Å². The first-order valence-corrected chi connectivity index (χ1v) is 5.74. The van der Waals surface area contributed by atoms with Crippen LogP contribution >= 0.6 is 36.4 Å². The Kier molecular flexibility index (Phi) is 7.88. The van der Waals surface area contributed by atoms with Gasteiger partial charge in [0, 0.05) is 6.54 Å². The molecule has 1 aliphatic heterocycles. The molecular formula is C11H18Cl3N3. The monoisotopic (exact) mass is 297 g/mol. The van der Waals surface area contributed by atoms with Crippen LogP contribution in [0.3, 0.4) is 0 Å². The molecule has 6 heteroatoms. The molecule has 0 amide bonds. The third-order valence-corrected chi connectivity index (χ3v) is 3.10. The summed E-state index contributed by atoms with van der Waals surface area (Å²) in [6, 6.07) is 3.88. The van der Waals surface area contributed by atoms with Gasteiger partial charge >= 0.3 is 0 Å². The highest BCUT2D eigenvalue weighted by Crippen LogP contribution is 2.23. The minimum absolute atomic E-state index is 0. The Hall–Kier alpha value is -0.220. The van der Waals surface area contributed by atoms with E-state index in [1.165, 1.54) is 19.3 Å². The Morgan fingerprint density at radius 2 is 2.12 bits per heavy atom. The van der Waals surface area contributed by atoms with Crippen molar-refractivity contribution in [3.63, 3.8) is 0 Å². The van der Waals surface area contributed by atoms with Crippen molar-refractivity contribution in [3.05, 3.63) is 23.5 Å². The van der Waals surface area contributed by atoms with Gasteiger partial charge in [0.05, 0.1) is 18.1 Å². The summed E-state index contributed by atoms with van der Waals surface area (Å²) < 4.78 is 0. The Morgan fingerprint density at radius 1 is 1.35 bits per heavy atom. The van der Waals surface area contributed by atoms with Crippen LogP contribution in [0.2, 0.25) is 5.15 Å². The van der Waals surface area contributed by atoms with Crippen molar-refractivity contribution in [1.82, 2.24) is 10.3 Å². The Labute approximate surface area is 120 Å². The van der Waals surface area contributed by atoms with Crippen molar-refractivity contribution in [2.45, 2.75) is 25.4 Å². The van der Waals surface area contributed by atoms with Gasteiger partial charge in [-0.15, -0.1) is 24.8 Å². The SMILES string of the molecule is CNC1CCCCN1c1ccc(Cl)nc1.Cl.Cl. The van der Waals surface area contributed by atoms with E-state index in [2.05, 4.69) is 15.2 Å². The summed E-state index contributed by atoms with van der Waals surface area (Å²) >= 11 is 5.78. The topological polar surface area (TPSA) is 28.2 Å². The highest BCUT2D eigenvalue weighted by atomic mass is 35.5. The second-order valence-electron chi connectivity index (χ2n) is 3.83. The van der Waals surface area contributed by atoms with E-state index in [0.29, 0.717) is 11.3 Å². The smallest absolute Gasteiger partial charge is 0.129 e. The van der Waals surface area contributed by atoms with Gasteiger partial charge in [-0.1, -0.05) is 11.6 Å². The molecule has 1 atom stereocenters. The lowest BCUT2D eigenvalue weighted by Crippen LogP contribution is -2.47. The van der Waals surface area contributed by atoms with Gasteiger partial charge < -0.3 is 10.2 Å². The summed E-state index contributed by atoms with van der Waals surface area (Å²) in [6.07, 6.45) is 6.02.